The van der Waals surface area contributed by atoms with E-state index in [1.165, 1.54) is 0 Å². The summed E-state index contributed by atoms with van der Waals surface area (Å²) in [5.74, 6) is 0.668. The molecule has 0 amide bonds. The van der Waals surface area contributed by atoms with Crippen LogP contribution in [0, 0.1) is 0 Å². The molecule has 0 spiro atoms. The van der Waals surface area contributed by atoms with Crippen LogP contribution in [-0.2, 0) is 0 Å². The zero-order valence-electron chi connectivity index (χ0n) is 30.1. The van der Waals surface area contributed by atoms with Gasteiger partial charge in [0, 0.05) is 55.6 Å². The third kappa shape index (κ3) is 5.45. The first kappa shape index (κ1) is 31.9. The van der Waals surface area contributed by atoms with Crippen molar-refractivity contribution >= 4 is 43.9 Å². The summed E-state index contributed by atoms with van der Waals surface area (Å²) >= 11 is 0. The molecule has 0 saturated carbocycles. The summed E-state index contributed by atoms with van der Waals surface area (Å²) in [5.41, 5.74) is 14.4. The molecule has 0 aliphatic heterocycles. The second kappa shape index (κ2) is 13.0. The van der Waals surface area contributed by atoms with Crippen LogP contribution in [0.5, 0.6) is 0 Å². The van der Waals surface area contributed by atoms with Crippen LogP contribution >= 0.6 is 0 Å². The second-order valence-corrected chi connectivity index (χ2v) is 14.0. The maximum atomic E-state index is 6.66. The third-order valence-corrected chi connectivity index (χ3v) is 10.6. The third-order valence-electron chi connectivity index (χ3n) is 10.6. The minimum absolute atomic E-state index is 0.668. The molecule has 0 radical (unpaired) electrons. The Hall–Kier alpha value is -7.63. The molecule has 11 rings (SSSR count). The highest BCUT2D eigenvalue weighted by molar-refractivity contribution is 6.17. The molecular weight excluding hydrogens is 687 g/mol. The highest BCUT2D eigenvalue weighted by Crippen LogP contribution is 2.43. The number of rotatable bonds is 6. The van der Waals surface area contributed by atoms with E-state index in [2.05, 4.69) is 120 Å². The van der Waals surface area contributed by atoms with Crippen molar-refractivity contribution in [2.45, 2.75) is 0 Å². The molecule has 0 aliphatic carbocycles. The first-order valence-corrected chi connectivity index (χ1v) is 18.7. The quantitative estimate of drug-likeness (QED) is 0.171. The van der Waals surface area contributed by atoms with Gasteiger partial charge in [-0.2, -0.15) is 0 Å². The topological polar surface area (TPSA) is 65.0 Å². The lowest BCUT2D eigenvalue weighted by atomic mass is 9.93. The van der Waals surface area contributed by atoms with Crippen molar-refractivity contribution in [3.05, 3.63) is 188 Å². The molecule has 4 heterocycles. The van der Waals surface area contributed by atoms with E-state index in [-0.39, 0.29) is 0 Å². The highest BCUT2D eigenvalue weighted by atomic mass is 16.3. The largest absolute Gasteiger partial charge is 0.456 e. The van der Waals surface area contributed by atoms with Gasteiger partial charge in [-0.25, -0.2) is 9.97 Å². The number of benzene rings is 7. The number of furan rings is 2. The normalized spacial score (nSPS) is 11.6. The zero-order chi connectivity index (χ0) is 37.0. The van der Waals surface area contributed by atoms with E-state index in [9.17, 15) is 0 Å². The minimum Gasteiger partial charge on any atom is -0.456 e. The maximum Gasteiger partial charge on any atom is 0.160 e. The predicted octanol–water partition coefficient (Wildman–Crippen LogP) is 13.7. The maximum absolute atomic E-state index is 6.66. The van der Waals surface area contributed by atoms with Gasteiger partial charge in [0.05, 0.1) is 17.1 Å². The van der Waals surface area contributed by atoms with Crippen molar-refractivity contribution in [2.75, 3.05) is 0 Å². The van der Waals surface area contributed by atoms with E-state index in [0.29, 0.717) is 5.82 Å². The Labute approximate surface area is 322 Å². The van der Waals surface area contributed by atoms with Gasteiger partial charge >= 0.3 is 0 Å². The summed E-state index contributed by atoms with van der Waals surface area (Å²) in [6.07, 6.45) is 1.81. The highest BCUT2D eigenvalue weighted by Gasteiger charge is 2.19. The van der Waals surface area contributed by atoms with Gasteiger partial charge in [-0.3, -0.25) is 4.98 Å². The number of fused-ring (bicyclic) bond motifs is 6. The molecule has 0 fully saturated rings. The molecule has 7 aromatic carbocycles. The van der Waals surface area contributed by atoms with E-state index in [1.54, 1.807) is 0 Å². The first-order valence-electron chi connectivity index (χ1n) is 18.7. The van der Waals surface area contributed by atoms with Gasteiger partial charge in [0.1, 0.15) is 22.3 Å². The van der Waals surface area contributed by atoms with E-state index >= 15 is 0 Å². The lowest BCUT2D eigenvalue weighted by molar-refractivity contribution is 0.668. The lowest BCUT2D eigenvalue weighted by Gasteiger charge is -2.11. The SMILES string of the molecule is c1ccc(-c2cc(-c3ccc(-c4ccc(-c5ccc6c(c5)oc5ccccc56)c5oc6ccccc6c45)cc3)nc(-c3ccc(-c4ccccn4)cc3)n2)cc1. The molecule has 0 saturated heterocycles. The molecule has 11 aromatic rings. The summed E-state index contributed by atoms with van der Waals surface area (Å²) in [6, 6.07) is 62.5. The number of aromatic nitrogens is 3. The number of hydrogen-bond acceptors (Lipinski definition) is 5. The lowest BCUT2D eigenvalue weighted by Crippen LogP contribution is -1.96. The fourth-order valence-electron chi connectivity index (χ4n) is 7.81. The van der Waals surface area contributed by atoms with Crippen LogP contribution in [0.1, 0.15) is 0 Å². The Morgan fingerprint density at radius 1 is 0.339 bits per heavy atom. The molecule has 5 heteroatoms. The molecule has 0 N–H and O–H groups in total. The molecular formula is C51H31N3O2. The van der Waals surface area contributed by atoms with Gasteiger partial charge in [0.15, 0.2) is 5.82 Å². The summed E-state index contributed by atoms with van der Waals surface area (Å²) in [4.78, 5) is 14.7. The first-order chi connectivity index (χ1) is 27.7. The van der Waals surface area contributed by atoms with Gasteiger partial charge in [0.25, 0.3) is 0 Å². The Kier molecular flexibility index (Phi) is 7.42. The molecule has 262 valence electrons. The molecule has 0 unspecified atom stereocenters. The fraction of sp³-hybridized carbons (Fsp3) is 0. The van der Waals surface area contributed by atoms with Crippen molar-refractivity contribution in [3.8, 4) is 67.4 Å². The van der Waals surface area contributed by atoms with Gasteiger partial charge in [-0.05, 0) is 65.2 Å². The van der Waals surface area contributed by atoms with Crippen molar-refractivity contribution in [1.82, 2.24) is 15.0 Å². The monoisotopic (exact) mass is 717 g/mol. The predicted molar refractivity (Wildman–Crippen MR) is 227 cm³/mol. The summed E-state index contributed by atoms with van der Waals surface area (Å²) in [5, 5.41) is 4.38. The molecule has 56 heavy (non-hydrogen) atoms. The number of pyridine rings is 1. The van der Waals surface area contributed by atoms with Crippen LogP contribution in [-0.4, -0.2) is 15.0 Å². The van der Waals surface area contributed by atoms with Crippen LogP contribution in [0.3, 0.4) is 0 Å². The van der Waals surface area contributed by atoms with Crippen molar-refractivity contribution in [1.29, 1.82) is 0 Å². The minimum atomic E-state index is 0.668. The zero-order valence-corrected chi connectivity index (χ0v) is 30.1. The molecule has 0 bridgehead atoms. The van der Waals surface area contributed by atoms with Crippen LogP contribution in [0.2, 0.25) is 0 Å². The van der Waals surface area contributed by atoms with Crippen LogP contribution in [0.15, 0.2) is 197 Å². The fourth-order valence-corrected chi connectivity index (χ4v) is 7.81. The van der Waals surface area contributed by atoms with E-state index in [0.717, 1.165) is 105 Å². The smallest absolute Gasteiger partial charge is 0.160 e. The Balaban J connectivity index is 1.00. The Morgan fingerprint density at radius 2 is 0.911 bits per heavy atom. The molecule has 0 aliphatic rings. The van der Waals surface area contributed by atoms with Crippen LogP contribution < -0.4 is 0 Å². The average Bonchev–Trinajstić information content (AvgIpc) is 3.85. The Bertz CT molecular complexity index is 3220. The van der Waals surface area contributed by atoms with Crippen molar-refractivity contribution in [2.24, 2.45) is 0 Å². The van der Waals surface area contributed by atoms with Crippen LogP contribution in [0.25, 0.3) is 111 Å². The van der Waals surface area contributed by atoms with Gasteiger partial charge < -0.3 is 8.83 Å². The van der Waals surface area contributed by atoms with Gasteiger partial charge in [-0.1, -0.05) is 133 Å². The summed E-state index contributed by atoms with van der Waals surface area (Å²) in [7, 11) is 0. The molecule has 5 nitrogen and oxygen atoms in total. The molecule has 0 atom stereocenters. The summed E-state index contributed by atoms with van der Waals surface area (Å²) < 4.78 is 12.9. The average molecular weight is 718 g/mol. The summed E-state index contributed by atoms with van der Waals surface area (Å²) in [6.45, 7) is 0. The molecule has 4 aromatic heterocycles. The van der Waals surface area contributed by atoms with E-state index in [4.69, 9.17) is 18.8 Å². The van der Waals surface area contributed by atoms with Gasteiger partial charge in [-0.15, -0.1) is 0 Å². The van der Waals surface area contributed by atoms with E-state index < -0.39 is 0 Å². The van der Waals surface area contributed by atoms with Gasteiger partial charge in [0.2, 0.25) is 0 Å². The number of hydrogen-bond donors (Lipinski definition) is 0. The second-order valence-electron chi connectivity index (χ2n) is 14.0. The standard InChI is InChI=1S/C51H31N3O2/c1-2-10-33(11-3-1)44-31-45(54-51(53-44)36-23-21-34(22-24-36)43-14-8-9-29-52-43)35-19-17-32(18-20-35)38-27-28-39(50-49(38)42-13-5-7-16-47(42)56-50)37-25-26-41-40-12-4-6-15-46(40)55-48(41)30-37/h1-31H. The van der Waals surface area contributed by atoms with Crippen molar-refractivity contribution in [3.63, 3.8) is 0 Å². The number of para-hydroxylation sites is 2. The number of nitrogens with zero attached hydrogens (tertiary/aromatic N) is 3. The van der Waals surface area contributed by atoms with Crippen LogP contribution in [0.4, 0.5) is 0 Å². The van der Waals surface area contributed by atoms with E-state index in [1.807, 2.05) is 72.9 Å². The Morgan fingerprint density at radius 3 is 1.66 bits per heavy atom. The van der Waals surface area contributed by atoms with Crippen molar-refractivity contribution < 1.29 is 8.83 Å².